The molecule has 1 saturated carbocycles. The number of Topliss-reactive ketones (excluding diaryl/α,β-unsaturated/α-hetero) is 1. The molecule has 1 fully saturated rings. The molecule has 27 heavy (non-hydrogen) atoms. The molecule has 0 amide bonds. The summed E-state index contributed by atoms with van der Waals surface area (Å²) >= 11 is 0. The minimum Gasteiger partial charge on any atom is -0.449 e. The van der Waals surface area contributed by atoms with Gasteiger partial charge in [-0.3, -0.25) is 19.7 Å². The van der Waals surface area contributed by atoms with Crippen LogP contribution in [0.4, 0.5) is 5.69 Å². The predicted molar refractivity (Wildman–Crippen MR) is 99.8 cm³/mol. The number of nitrogens with zero attached hydrogens (tertiary/aromatic N) is 1. The Kier molecular flexibility index (Phi) is 5.16. The van der Waals surface area contributed by atoms with E-state index in [0.717, 1.165) is 11.1 Å². The Hall–Kier alpha value is -3.28. The van der Waals surface area contributed by atoms with Gasteiger partial charge in [0.1, 0.15) is 12.2 Å². The van der Waals surface area contributed by atoms with Crippen molar-refractivity contribution < 1.29 is 19.2 Å². The molecule has 0 saturated heterocycles. The predicted octanol–water partition coefficient (Wildman–Crippen LogP) is 4.19. The van der Waals surface area contributed by atoms with E-state index in [0.29, 0.717) is 12.0 Å². The number of nitro benzene ring substituents is 1. The summed E-state index contributed by atoms with van der Waals surface area (Å²) in [4.78, 5) is 34.8. The van der Waals surface area contributed by atoms with E-state index in [9.17, 15) is 19.7 Å². The van der Waals surface area contributed by atoms with Gasteiger partial charge >= 0.3 is 5.97 Å². The molecule has 1 unspecified atom stereocenters. The van der Waals surface area contributed by atoms with Crippen LogP contribution >= 0.6 is 0 Å². The quantitative estimate of drug-likeness (QED) is 0.318. The van der Waals surface area contributed by atoms with Gasteiger partial charge in [-0.25, -0.2) is 0 Å². The zero-order valence-corrected chi connectivity index (χ0v) is 14.9. The van der Waals surface area contributed by atoms with Crippen molar-refractivity contribution in [3.63, 3.8) is 0 Å². The third-order valence-electron chi connectivity index (χ3n) is 4.53. The maximum absolute atomic E-state index is 12.3. The van der Waals surface area contributed by atoms with Crippen LogP contribution in [0.2, 0.25) is 0 Å². The van der Waals surface area contributed by atoms with Gasteiger partial charge in [-0.2, -0.15) is 0 Å². The van der Waals surface area contributed by atoms with Gasteiger partial charge in [-0.15, -0.1) is 0 Å². The van der Waals surface area contributed by atoms with Crippen LogP contribution in [0.3, 0.4) is 0 Å². The van der Waals surface area contributed by atoms with Crippen LogP contribution in [-0.4, -0.2) is 16.7 Å². The number of benzene rings is 2. The molecule has 0 spiro atoms. The summed E-state index contributed by atoms with van der Waals surface area (Å²) in [5, 5.41) is 11.5. The average molecular weight is 365 g/mol. The zero-order chi connectivity index (χ0) is 19.4. The Balaban J connectivity index is 1.99. The molecule has 0 heterocycles. The molecular weight excluding hydrogens is 346 g/mol. The number of para-hydroxylation sites is 1. The summed E-state index contributed by atoms with van der Waals surface area (Å²) in [6.45, 7) is 1.67. The molecule has 0 aromatic heterocycles. The molecule has 0 aliphatic heterocycles. The van der Waals surface area contributed by atoms with Gasteiger partial charge in [-0.1, -0.05) is 55.5 Å². The first-order chi connectivity index (χ1) is 13.0. The second-order valence-corrected chi connectivity index (χ2v) is 6.40. The fraction of sp³-hybridized carbons (Fsp3) is 0.238. The molecule has 138 valence electrons. The SMILES string of the molecule is CCC(=O)CC(=O)OC1(c2ccccc2[N+](=O)[O-])CC1=Cc1ccccc1. The van der Waals surface area contributed by atoms with Crippen molar-refractivity contribution in [2.75, 3.05) is 0 Å². The lowest BCUT2D eigenvalue weighted by Gasteiger charge is -2.17. The maximum atomic E-state index is 12.3. The Morgan fingerprint density at radius 3 is 2.48 bits per heavy atom. The highest BCUT2D eigenvalue weighted by Gasteiger charge is 2.57. The Morgan fingerprint density at radius 2 is 1.81 bits per heavy atom. The van der Waals surface area contributed by atoms with E-state index in [1.807, 2.05) is 36.4 Å². The first kappa shape index (κ1) is 18.5. The highest BCUT2D eigenvalue weighted by atomic mass is 16.6. The number of carbonyl (C=O) groups is 2. The summed E-state index contributed by atoms with van der Waals surface area (Å²) in [5.41, 5.74) is 0.705. The van der Waals surface area contributed by atoms with Crippen molar-refractivity contribution in [1.82, 2.24) is 0 Å². The van der Waals surface area contributed by atoms with E-state index in [4.69, 9.17) is 4.74 Å². The number of nitro groups is 1. The number of esters is 1. The Labute approximate surface area is 156 Å². The molecule has 2 aromatic carbocycles. The third-order valence-corrected chi connectivity index (χ3v) is 4.53. The minimum absolute atomic E-state index is 0.108. The Bertz CT molecular complexity index is 919. The number of hydrogen-bond donors (Lipinski definition) is 0. The summed E-state index contributed by atoms with van der Waals surface area (Å²) < 4.78 is 5.65. The van der Waals surface area contributed by atoms with Crippen molar-refractivity contribution >= 4 is 23.5 Å². The molecule has 6 heteroatoms. The average Bonchev–Trinajstić information content (AvgIpc) is 3.34. The maximum Gasteiger partial charge on any atom is 0.314 e. The molecule has 0 bridgehead atoms. The van der Waals surface area contributed by atoms with Gasteiger partial charge in [0.25, 0.3) is 5.69 Å². The van der Waals surface area contributed by atoms with Crippen LogP contribution in [0.5, 0.6) is 0 Å². The molecule has 2 aromatic rings. The van der Waals surface area contributed by atoms with Crippen LogP contribution in [0, 0.1) is 10.1 Å². The van der Waals surface area contributed by atoms with Crippen molar-refractivity contribution in [1.29, 1.82) is 0 Å². The third kappa shape index (κ3) is 3.95. The molecule has 6 nitrogen and oxygen atoms in total. The number of ketones is 1. The molecule has 3 rings (SSSR count). The van der Waals surface area contributed by atoms with Crippen LogP contribution in [-0.2, 0) is 19.9 Å². The summed E-state index contributed by atoms with van der Waals surface area (Å²) in [5.74, 6) is -0.900. The first-order valence-corrected chi connectivity index (χ1v) is 8.70. The number of carbonyl (C=O) groups excluding carboxylic acids is 2. The molecule has 0 N–H and O–H groups in total. The van der Waals surface area contributed by atoms with E-state index in [1.54, 1.807) is 25.1 Å². The molecule has 1 aliphatic rings. The summed E-state index contributed by atoms with van der Waals surface area (Å²) in [7, 11) is 0. The molecule has 1 aliphatic carbocycles. The van der Waals surface area contributed by atoms with Crippen molar-refractivity contribution in [3.8, 4) is 0 Å². The molecule has 0 radical (unpaired) electrons. The van der Waals surface area contributed by atoms with Crippen molar-refractivity contribution in [2.24, 2.45) is 0 Å². The lowest BCUT2D eigenvalue weighted by atomic mass is 10.0. The van der Waals surface area contributed by atoms with E-state index >= 15 is 0 Å². The van der Waals surface area contributed by atoms with Crippen LogP contribution in [0.1, 0.15) is 37.3 Å². The van der Waals surface area contributed by atoms with Gasteiger partial charge in [0.05, 0.1) is 10.5 Å². The minimum atomic E-state index is -1.19. The highest BCUT2D eigenvalue weighted by molar-refractivity contribution is 5.96. The van der Waals surface area contributed by atoms with Gasteiger partial charge < -0.3 is 4.74 Å². The van der Waals surface area contributed by atoms with Gasteiger partial charge in [-0.05, 0) is 17.2 Å². The number of hydrogen-bond acceptors (Lipinski definition) is 5. The van der Waals surface area contributed by atoms with Gasteiger partial charge in [0, 0.05) is 18.9 Å². The zero-order valence-electron chi connectivity index (χ0n) is 14.9. The van der Waals surface area contributed by atoms with Gasteiger partial charge in [0.2, 0.25) is 0 Å². The summed E-state index contributed by atoms with van der Waals surface area (Å²) in [6, 6.07) is 15.7. The van der Waals surface area contributed by atoms with E-state index in [-0.39, 0.29) is 24.3 Å². The molecule has 1 atom stereocenters. The summed E-state index contributed by atoms with van der Waals surface area (Å²) in [6.07, 6.45) is 2.13. The smallest absolute Gasteiger partial charge is 0.314 e. The fourth-order valence-electron chi connectivity index (χ4n) is 3.06. The van der Waals surface area contributed by atoms with E-state index in [2.05, 4.69) is 0 Å². The first-order valence-electron chi connectivity index (χ1n) is 8.70. The second-order valence-electron chi connectivity index (χ2n) is 6.40. The largest absolute Gasteiger partial charge is 0.449 e. The standard InChI is InChI=1S/C21H19NO5/c1-2-17(23)13-20(24)27-21(18-10-6-7-11-19(18)22(25)26)14-16(21)12-15-8-4-3-5-9-15/h3-12H,2,13-14H2,1H3. The second kappa shape index (κ2) is 7.53. The normalized spacial score (nSPS) is 19.5. The monoisotopic (exact) mass is 365 g/mol. The topological polar surface area (TPSA) is 86.5 Å². The highest BCUT2D eigenvalue weighted by Crippen LogP contribution is 2.58. The van der Waals surface area contributed by atoms with Crippen molar-refractivity contribution in [3.05, 3.63) is 81.4 Å². The molecular formula is C21H19NO5. The van der Waals surface area contributed by atoms with Crippen LogP contribution < -0.4 is 0 Å². The lowest BCUT2D eigenvalue weighted by Crippen LogP contribution is -2.21. The number of rotatable bonds is 7. The lowest BCUT2D eigenvalue weighted by molar-refractivity contribution is -0.386. The van der Waals surface area contributed by atoms with Crippen molar-refractivity contribution in [2.45, 2.75) is 31.8 Å². The fourth-order valence-corrected chi connectivity index (χ4v) is 3.06. The van der Waals surface area contributed by atoms with E-state index < -0.39 is 16.5 Å². The Morgan fingerprint density at radius 1 is 1.15 bits per heavy atom. The number of ether oxygens (including phenoxy) is 1. The van der Waals surface area contributed by atoms with Crippen LogP contribution in [0.25, 0.3) is 6.08 Å². The van der Waals surface area contributed by atoms with Gasteiger partial charge in [0.15, 0.2) is 5.60 Å². The van der Waals surface area contributed by atoms with E-state index in [1.165, 1.54) is 6.07 Å². The van der Waals surface area contributed by atoms with Crippen LogP contribution in [0.15, 0.2) is 60.2 Å².